The van der Waals surface area contributed by atoms with Gasteiger partial charge in [0, 0.05) is 41.5 Å². The van der Waals surface area contributed by atoms with Gasteiger partial charge in [-0.05, 0) is 59.5 Å². The highest BCUT2D eigenvalue weighted by Crippen LogP contribution is 2.36. The molecule has 0 radical (unpaired) electrons. The summed E-state index contributed by atoms with van der Waals surface area (Å²) in [6.45, 7) is 6.56. The van der Waals surface area contributed by atoms with Crippen LogP contribution in [0.25, 0.3) is 0 Å². The van der Waals surface area contributed by atoms with Crippen LogP contribution in [0.5, 0.6) is 0 Å². The van der Waals surface area contributed by atoms with Gasteiger partial charge in [-0.3, -0.25) is 0 Å². The van der Waals surface area contributed by atoms with Crippen LogP contribution >= 0.6 is 11.3 Å². The Kier molecular flexibility index (Phi) is 5.61. The Labute approximate surface area is 128 Å². The Bertz CT molecular complexity index is 410. The summed E-state index contributed by atoms with van der Waals surface area (Å²) in [5.74, 6) is 0. The molecule has 3 nitrogen and oxygen atoms in total. The van der Waals surface area contributed by atoms with Crippen molar-refractivity contribution >= 4 is 11.3 Å². The van der Waals surface area contributed by atoms with Crippen LogP contribution in [0, 0.1) is 6.92 Å². The average Bonchev–Trinajstić information content (AvgIpc) is 2.75. The summed E-state index contributed by atoms with van der Waals surface area (Å²) in [7, 11) is 6.70. The minimum atomic E-state index is 0.444. The third-order valence-electron chi connectivity index (χ3n) is 4.56. The minimum absolute atomic E-state index is 0.444. The fourth-order valence-electron chi connectivity index (χ4n) is 2.97. The zero-order valence-electron chi connectivity index (χ0n) is 13.4. The molecule has 1 aliphatic rings. The van der Waals surface area contributed by atoms with Gasteiger partial charge in [0.25, 0.3) is 0 Å². The molecule has 0 unspecified atom stereocenters. The second-order valence-electron chi connectivity index (χ2n) is 6.40. The molecule has 1 aliphatic carbocycles. The van der Waals surface area contributed by atoms with Crippen molar-refractivity contribution in [3.05, 3.63) is 21.9 Å². The molecule has 0 aromatic carbocycles. The van der Waals surface area contributed by atoms with E-state index >= 15 is 0 Å². The number of nitrogens with zero attached hydrogens (tertiary/aromatic N) is 2. The van der Waals surface area contributed by atoms with Crippen molar-refractivity contribution < 1.29 is 0 Å². The predicted molar refractivity (Wildman–Crippen MR) is 88.5 cm³/mol. The molecule has 1 heterocycles. The first-order chi connectivity index (χ1) is 9.52. The number of hydrogen-bond donors (Lipinski definition) is 1. The van der Waals surface area contributed by atoms with Crippen molar-refractivity contribution in [1.29, 1.82) is 0 Å². The molecule has 0 aliphatic heterocycles. The first-order valence-electron chi connectivity index (χ1n) is 7.64. The summed E-state index contributed by atoms with van der Waals surface area (Å²) in [6, 6.07) is 4.43. The topological polar surface area (TPSA) is 18.5 Å². The van der Waals surface area contributed by atoms with Gasteiger partial charge in [-0.15, -0.1) is 11.3 Å². The summed E-state index contributed by atoms with van der Waals surface area (Å²) in [4.78, 5) is 7.74. The standard InChI is InChI=1S/C16H29N3S/c1-14-6-7-15(20-14)12-17-10-11-19(4)13-16(18(2)3)8-5-9-16/h6-7,17H,5,8-13H2,1-4H3. The van der Waals surface area contributed by atoms with Crippen LogP contribution in [-0.2, 0) is 6.54 Å². The fraction of sp³-hybridized carbons (Fsp3) is 0.750. The van der Waals surface area contributed by atoms with Crippen LogP contribution in [0.15, 0.2) is 12.1 Å². The lowest BCUT2D eigenvalue weighted by atomic mass is 9.75. The van der Waals surface area contributed by atoms with E-state index in [-0.39, 0.29) is 0 Å². The van der Waals surface area contributed by atoms with E-state index in [1.807, 2.05) is 11.3 Å². The lowest BCUT2D eigenvalue weighted by Gasteiger charge is -2.49. The molecule has 1 aromatic rings. The number of likely N-dealkylation sites (N-methyl/N-ethyl adjacent to an activating group) is 2. The largest absolute Gasteiger partial charge is 0.311 e. The highest BCUT2D eigenvalue weighted by atomic mass is 32.1. The molecule has 20 heavy (non-hydrogen) atoms. The van der Waals surface area contributed by atoms with Gasteiger partial charge in [-0.25, -0.2) is 0 Å². The highest BCUT2D eigenvalue weighted by molar-refractivity contribution is 7.11. The lowest BCUT2D eigenvalue weighted by Crippen LogP contribution is -2.57. The molecular formula is C16H29N3S. The molecule has 4 heteroatoms. The van der Waals surface area contributed by atoms with Gasteiger partial charge in [0.1, 0.15) is 0 Å². The molecule has 0 bridgehead atoms. The van der Waals surface area contributed by atoms with Gasteiger partial charge in [-0.1, -0.05) is 0 Å². The second-order valence-corrected chi connectivity index (χ2v) is 7.77. The normalized spacial score (nSPS) is 17.7. The van der Waals surface area contributed by atoms with Gasteiger partial charge in [0.15, 0.2) is 0 Å². The van der Waals surface area contributed by atoms with Crippen LogP contribution in [-0.4, -0.2) is 56.1 Å². The first kappa shape index (κ1) is 16.0. The second kappa shape index (κ2) is 7.03. The van der Waals surface area contributed by atoms with E-state index in [1.54, 1.807) is 0 Å². The summed E-state index contributed by atoms with van der Waals surface area (Å²) in [6.07, 6.45) is 4.10. The van der Waals surface area contributed by atoms with Crippen molar-refractivity contribution in [3.8, 4) is 0 Å². The maximum Gasteiger partial charge on any atom is 0.0330 e. The molecule has 2 rings (SSSR count). The third kappa shape index (κ3) is 4.04. The van der Waals surface area contributed by atoms with E-state index in [2.05, 4.69) is 55.3 Å². The first-order valence-corrected chi connectivity index (χ1v) is 8.45. The number of hydrogen-bond acceptors (Lipinski definition) is 4. The van der Waals surface area contributed by atoms with E-state index in [9.17, 15) is 0 Å². The van der Waals surface area contributed by atoms with Crippen LogP contribution in [0.4, 0.5) is 0 Å². The summed E-state index contributed by atoms with van der Waals surface area (Å²) < 4.78 is 0. The highest BCUT2D eigenvalue weighted by Gasteiger charge is 2.39. The predicted octanol–water partition coefficient (Wildman–Crippen LogP) is 2.56. The molecule has 1 fully saturated rings. The van der Waals surface area contributed by atoms with Crippen LogP contribution in [0.2, 0.25) is 0 Å². The van der Waals surface area contributed by atoms with Crippen molar-refractivity contribution in [2.24, 2.45) is 0 Å². The van der Waals surface area contributed by atoms with Gasteiger partial charge >= 0.3 is 0 Å². The van der Waals surface area contributed by atoms with E-state index in [4.69, 9.17) is 0 Å². The van der Waals surface area contributed by atoms with Gasteiger partial charge < -0.3 is 15.1 Å². The quantitative estimate of drug-likeness (QED) is 0.744. The zero-order valence-corrected chi connectivity index (χ0v) is 14.2. The Balaban J connectivity index is 1.64. The lowest BCUT2D eigenvalue weighted by molar-refractivity contribution is 0.0282. The van der Waals surface area contributed by atoms with Crippen LogP contribution < -0.4 is 5.32 Å². The van der Waals surface area contributed by atoms with E-state index in [0.29, 0.717) is 5.54 Å². The Morgan fingerprint density at radius 2 is 2.00 bits per heavy atom. The Morgan fingerprint density at radius 3 is 2.50 bits per heavy atom. The van der Waals surface area contributed by atoms with Gasteiger partial charge in [-0.2, -0.15) is 0 Å². The van der Waals surface area contributed by atoms with Crippen molar-refractivity contribution in [2.45, 2.75) is 38.3 Å². The monoisotopic (exact) mass is 295 g/mol. The summed E-state index contributed by atoms with van der Waals surface area (Å²) in [5.41, 5.74) is 0.444. The van der Waals surface area contributed by atoms with E-state index in [1.165, 1.54) is 35.6 Å². The Hall–Kier alpha value is -0.420. The van der Waals surface area contributed by atoms with Crippen molar-refractivity contribution in [3.63, 3.8) is 0 Å². The van der Waals surface area contributed by atoms with Gasteiger partial charge in [0.05, 0.1) is 0 Å². The van der Waals surface area contributed by atoms with Crippen LogP contribution in [0.3, 0.4) is 0 Å². The summed E-state index contributed by atoms with van der Waals surface area (Å²) >= 11 is 1.89. The average molecular weight is 295 g/mol. The molecule has 1 N–H and O–H groups in total. The minimum Gasteiger partial charge on any atom is -0.311 e. The zero-order chi connectivity index (χ0) is 14.6. The molecule has 114 valence electrons. The molecule has 0 saturated heterocycles. The van der Waals surface area contributed by atoms with Gasteiger partial charge in [0.2, 0.25) is 0 Å². The number of aryl methyl sites for hydroxylation is 1. The van der Waals surface area contributed by atoms with Crippen molar-refractivity contribution in [2.75, 3.05) is 40.8 Å². The molecule has 0 spiro atoms. The maximum atomic E-state index is 3.55. The Morgan fingerprint density at radius 1 is 1.25 bits per heavy atom. The maximum absolute atomic E-state index is 3.55. The number of thiophene rings is 1. The summed E-state index contributed by atoms with van der Waals surface area (Å²) in [5, 5.41) is 3.55. The molecule has 1 saturated carbocycles. The molecule has 1 aromatic heterocycles. The molecule has 0 atom stereocenters. The van der Waals surface area contributed by atoms with Crippen molar-refractivity contribution in [1.82, 2.24) is 15.1 Å². The number of rotatable bonds is 8. The van der Waals surface area contributed by atoms with E-state index < -0.39 is 0 Å². The van der Waals surface area contributed by atoms with E-state index in [0.717, 1.165) is 19.6 Å². The SMILES string of the molecule is Cc1ccc(CNCCN(C)CC2(N(C)C)CCC2)s1. The molecular weight excluding hydrogens is 266 g/mol. The van der Waals surface area contributed by atoms with Crippen LogP contribution in [0.1, 0.15) is 29.0 Å². The fourth-order valence-corrected chi connectivity index (χ4v) is 3.83. The smallest absolute Gasteiger partial charge is 0.0330 e. The number of nitrogens with one attached hydrogen (secondary N) is 1. The third-order valence-corrected chi connectivity index (χ3v) is 5.56. The molecule has 0 amide bonds.